The normalized spacial score (nSPS) is 16.4. The number of alkyl carbamates (subject to hydrolysis) is 1. The summed E-state index contributed by atoms with van der Waals surface area (Å²) >= 11 is 0. The molecule has 1 aliphatic heterocycles. The van der Waals surface area contributed by atoms with Crippen molar-refractivity contribution < 1.29 is 33.3 Å². The second kappa shape index (κ2) is 15.1. The minimum Gasteiger partial charge on any atom is -0.452 e. The Hall–Kier alpha value is -3.44. The fraction of sp³-hybridized carbons (Fsp3) is 0.444. The molecule has 1 fully saturated rings. The van der Waals surface area contributed by atoms with Crippen LogP contribution in [0.15, 0.2) is 54.6 Å². The first kappa shape index (κ1) is 29.1. The molecule has 203 valence electrons. The van der Waals surface area contributed by atoms with E-state index in [4.69, 9.17) is 9.47 Å². The molecule has 0 aromatic heterocycles. The Morgan fingerprint density at radius 1 is 1.11 bits per heavy atom. The number of nitrogens with one attached hydrogen (secondary N) is 2. The lowest BCUT2D eigenvalue weighted by Gasteiger charge is -2.29. The molecule has 1 radical (unpaired) electrons. The maximum atomic E-state index is 13.6. The molecule has 2 aromatic rings. The molecule has 0 spiro atoms. The second-order valence-corrected chi connectivity index (χ2v) is 9.18. The van der Waals surface area contributed by atoms with Crippen molar-refractivity contribution in [3.05, 3.63) is 71.5 Å². The van der Waals surface area contributed by atoms with Crippen LogP contribution in [-0.4, -0.2) is 73.6 Å². The van der Waals surface area contributed by atoms with Gasteiger partial charge in [0.1, 0.15) is 24.5 Å². The highest BCUT2D eigenvalue weighted by Crippen LogP contribution is 2.20. The maximum absolute atomic E-state index is 13.6. The number of ether oxygens (including phenoxy) is 2. The maximum Gasteiger partial charge on any atom is 0.408 e. The smallest absolute Gasteiger partial charge is 0.408 e. The topological polar surface area (TPSA) is 117 Å². The Labute approximate surface area is 223 Å². The van der Waals surface area contributed by atoms with E-state index < -0.39 is 35.8 Å². The van der Waals surface area contributed by atoms with Crippen molar-refractivity contribution in [1.82, 2.24) is 15.5 Å². The number of benzene rings is 2. The van der Waals surface area contributed by atoms with E-state index in [1.807, 2.05) is 30.3 Å². The molecule has 3 amide bonds. The van der Waals surface area contributed by atoms with Gasteiger partial charge in [0.15, 0.2) is 0 Å². The van der Waals surface area contributed by atoms with Gasteiger partial charge in [-0.3, -0.25) is 9.59 Å². The van der Waals surface area contributed by atoms with E-state index in [-0.39, 0.29) is 18.9 Å². The van der Waals surface area contributed by atoms with Crippen LogP contribution in [0.2, 0.25) is 0 Å². The minimum absolute atomic E-state index is 0.0288. The van der Waals surface area contributed by atoms with Gasteiger partial charge in [0.2, 0.25) is 11.8 Å². The van der Waals surface area contributed by atoms with Gasteiger partial charge in [-0.05, 0) is 48.9 Å². The standard InChI is InChI=1S/C27H34BFN3O6/c1-37-16-6-10-24(28-36)31-25(33)23-9-5-15-32(23)26(34)22(17-19-11-13-21(29)14-12-19)30-27(35)38-18-20-7-3-2-4-8-20/h2-4,7-8,11-14,22-24,36H,5-6,9-10,15-18H2,1H3,(H,30,35)(H,31,33)/t22-,23+,24+/m1/s1. The third-order valence-electron chi connectivity index (χ3n) is 6.37. The van der Waals surface area contributed by atoms with Crippen molar-refractivity contribution in [3.8, 4) is 0 Å². The highest BCUT2D eigenvalue weighted by Gasteiger charge is 2.38. The molecule has 0 unspecified atom stereocenters. The number of halogens is 1. The van der Waals surface area contributed by atoms with Gasteiger partial charge in [0.25, 0.3) is 0 Å². The summed E-state index contributed by atoms with van der Waals surface area (Å²) in [6, 6.07) is 13.0. The van der Waals surface area contributed by atoms with E-state index >= 15 is 0 Å². The molecule has 0 bridgehead atoms. The Bertz CT molecular complexity index is 1040. The summed E-state index contributed by atoms with van der Waals surface area (Å²) < 4.78 is 23.8. The highest BCUT2D eigenvalue weighted by molar-refractivity contribution is 6.28. The molecular weight excluding hydrogens is 492 g/mol. The van der Waals surface area contributed by atoms with Crippen molar-refractivity contribution in [1.29, 1.82) is 0 Å². The van der Waals surface area contributed by atoms with Crippen LogP contribution in [0.4, 0.5) is 9.18 Å². The number of hydrogen-bond donors (Lipinski definition) is 3. The first-order chi connectivity index (χ1) is 18.4. The zero-order valence-corrected chi connectivity index (χ0v) is 21.5. The number of likely N-dealkylation sites (tertiary alicyclic amines) is 1. The first-order valence-corrected chi connectivity index (χ1v) is 12.7. The van der Waals surface area contributed by atoms with Crippen LogP contribution < -0.4 is 10.6 Å². The lowest BCUT2D eigenvalue weighted by atomic mass is 9.84. The summed E-state index contributed by atoms with van der Waals surface area (Å²) in [4.78, 5) is 40.8. The number of hydrogen-bond acceptors (Lipinski definition) is 6. The van der Waals surface area contributed by atoms with Crippen LogP contribution in [0.3, 0.4) is 0 Å². The molecule has 1 heterocycles. The van der Waals surface area contributed by atoms with Crippen LogP contribution >= 0.6 is 0 Å². The summed E-state index contributed by atoms with van der Waals surface area (Å²) in [5.41, 5.74) is 1.43. The van der Waals surface area contributed by atoms with E-state index in [9.17, 15) is 23.8 Å². The molecule has 0 aliphatic carbocycles. The van der Waals surface area contributed by atoms with Crippen LogP contribution in [0.25, 0.3) is 0 Å². The second-order valence-electron chi connectivity index (χ2n) is 9.18. The number of amides is 3. The number of carbonyl (C=O) groups excluding carboxylic acids is 3. The van der Waals surface area contributed by atoms with Crippen molar-refractivity contribution in [2.75, 3.05) is 20.3 Å². The van der Waals surface area contributed by atoms with Gasteiger partial charge in [0.05, 0.1) is 0 Å². The van der Waals surface area contributed by atoms with Crippen molar-refractivity contribution in [2.45, 2.75) is 56.7 Å². The van der Waals surface area contributed by atoms with E-state index in [0.717, 1.165) is 13.0 Å². The summed E-state index contributed by atoms with van der Waals surface area (Å²) in [5, 5.41) is 15.0. The van der Waals surface area contributed by atoms with E-state index in [2.05, 4.69) is 10.6 Å². The fourth-order valence-corrected chi connectivity index (χ4v) is 4.38. The van der Waals surface area contributed by atoms with Gasteiger partial charge < -0.3 is 30.0 Å². The monoisotopic (exact) mass is 526 g/mol. The van der Waals surface area contributed by atoms with Crippen molar-refractivity contribution in [3.63, 3.8) is 0 Å². The van der Waals surface area contributed by atoms with Crippen molar-refractivity contribution >= 4 is 25.4 Å². The summed E-state index contributed by atoms with van der Waals surface area (Å²) in [5.74, 6) is -1.80. The van der Waals surface area contributed by atoms with E-state index in [1.54, 1.807) is 19.2 Å². The first-order valence-electron chi connectivity index (χ1n) is 12.7. The fourth-order valence-electron chi connectivity index (χ4n) is 4.38. The quantitative estimate of drug-likeness (QED) is 0.272. The molecule has 38 heavy (non-hydrogen) atoms. The van der Waals surface area contributed by atoms with E-state index in [1.165, 1.54) is 17.0 Å². The highest BCUT2D eigenvalue weighted by atomic mass is 19.1. The zero-order chi connectivity index (χ0) is 27.3. The summed E-state index contributed by atoms with van der Waals surface area (Å²) in [6.07, 6.45) is 1.51. The van der Waals surface area contributed by atoms with Gasteiger partial charge in [0, 0.05) is 32.6 Å². The third-order valence-corrected chi connectivity index (χ3v) is 6.37. The molecule has 0 saturated carbocycles. The molecule has 3 N–H and O–H groups in total. The van der Waals surface area contributed by atoms with Gasteiger partial charge in [-0.25, -0.2) is 9.18 Å². The molecule has 1 aliphatic rings. The molecule has 1 saturated heterocycles. The Morgan fingerprint density at radius 2 is 1.84 bits per heavy atom. The van der Waals surface area contributed by atoms with Gasteiger partial charge in [-0.1, -0.05) is 42.5 Å². The van der Waals surface area contributed by atoms with Crippen LogP contribution in [0, 0.1) is 5.82 Å². The van der Waals surface area contributed by atoms with E-state index in [0.29, 0.717) is 44.4 Å². The number of methoxy groups -OCH3 is 1. The van der Waals surface area contributed by atoms with Gasteiger partial charge >= 0.3 is 13.6 Å². The average Bonchev–Trinajstić information content (AvgIpc) is 3.42. The number of rotatable bonds is 13. The van der Waals surface area contributed by atoms with Crippen molar-refractivity contribution in [2.24, 2.45) is 0 Å². The molecule has 3 atom stereocenters. The predicted octanol–water partition coefficient (Wildman–Crippen LogP) is 2.13. The Balaban J connectivity index is 1.69. The molecular formula is C27H34BFN3O6. The summed E-state index contributed by atoms with van der Waals surface area (Å²) in [7, 11) is 2.50. The lowest BCUT2D eigenvalue weighted by Crippen LogP contribution is -2.55. The molecule has 11 heteroatoms. The SMILES string of the molecule is COCCC[C@@H]([B]O)NC(=O)[C@@H]1CCCN1C(=O)[C@@H](Cc1ccc(F)cc1)NC(=O)OCc1ccccc1. The molecule has 3 rings (SSSR count). The molecule has 2 aromatic carbocycles. The third kappa shape index (κ3) is 8.85. The van der Waals surface area contributed by atoms with Crippen LogP contribution in [-0.2, 0) is 32.1 Å². The average molecular weight is 526 g/mol. The zero-order valence-electron chi connectivity index (χ0n) is 21.5. The van der Waals surface area contributed by atoms with Crippen LogP contribution in [0.1, 0.15) is 36.8 Å². The number of carbonyl (C=O) groups is 3. The lowest BCUT2D eigenvalue weighted by molar-refractivity contribution is -0.140. The van der Waals surface area contributed by atoms with Gasteiger partial charge in [-0.15, -0.1) is 0 Å². The Morgan fingerprint density at radius 3 is 2.53 bits per heavy atom. The minimum atomic E-state index is -1.03. The van der Waals surface area contributed by atoms with Gasteiger partial charge in [-0.2, -0.15) is 0 Å². The Kier molecular flexibility index (Phi) is 11.6. The summed E-state index contributed by atoms with van der Waals surface area (Å²) in [6.45, 7) is 0.862. The molecule has 9 nitrogen and oxygen atoms in total. The van der Waals surface area contributed by atoms with Crippen LogP contribution in [0.5, 0.6) is 0 Å². The number of nitrogens with zero attached hydrogens (tertiary/aromatic N) is 1. The largest absolute Gasteiger partial charge is 0.452 e. The predicted molar refractivity (Wildman–Crippen MR) is 139 cm³/mol.